The van der Waals surface area contributed by atoms with E-state index >= 15 is 0 Å². The second kappa shape index (κ2) is 36.8. The number of carbonyl (C=O) groups is 2. The molecular formula is C41H69O10P. The number of hydrogen-bond acceptors (Lipinski definition) is 9. The molecule has 298 valence electrons. The number of carbonyl (C=O) groups excluding carboxylic acids is 2. The normalized spacial score (nSPS) is 14.8. The lowest BCUT2D eigenvalue weighted by Gasteiger charge is -2.20. The van der Waals surface area contributed by atoms with Crippen molar-refractivity contribution in [1.82, 2.24) is 0 Å². The Morgan fingerprint density at radius 1 is 0.596 bits per heavy atom. The van der Waals surface area contributed by atoms with Gasteiger partial charge in [0, 0.05) is 12.8 Å². The molecule has 10 nitrogen and oxygen atoms in total. The molecular weight excluding hydrogens is 683 g/mol. The first kappa shape index (κ1) is 49.4. The molecule has 0 aliphatic heterocycles. The van der Waals surface area contributed by atoms with Gasteiger partial charge in [0.1, 0.15) is 12.7 Å². The molecule has 0 saturated heterocycles. The van der Waals surface area contributed by atoms with Crippen LogP contribution in [0.3, 0.4) is 0 Å². The van der Waals surface area contributed by atoms with Crippen LogP contribution in [0.1, 0.15) is 136 Å². The minimum Gasteiger partial charge on any atom is -0.462 e. The van der Waals surface area contributed by atoms with Crippen molar-refractivity contribution in [3.63, 3.8) is 0 Å². The molecule has 52 heavy (non-hydrogen) atoms. The second-order valence-electron chi connectivity index (χ2n) is 12.6. The van der Waals surface area contributed by atoms with E-state index in [4.69, 9.17) is 19.1 Å². The van der Waals surface area contributed by atoms with Crippen LogP contribution in [0.4, 0.5) is 0 Å². The van der Waals surface area contributed by atoms with Crippen molar-refractivity contribution in [3.8, 4) is 0 Å². The van der Waals surface area contributed by atoms with Gasteiger partial charge in [-0.1, -0.05) is 145 Å². The summed E-state index contributed by atoms with van der Waals surface area (Å²) in [5.74, 6) is -1.03. The number of unbranched alkanes of at least 4 members (excludes halogenated alkanes) is 9. The van der Waals surface area contributed by atoms with Crippen molar-refractivity contribution in [2.45, 2.75) is 148 Å². The summed E-state index contributed by atoms with van der Waals surface area (Å²) in [6.07, 6.45) is 40.4. The van der Waals surface area contributed by atoms with Crippen molar-refractivity contribution in [2.75, 3.05) is 26.4 Å². The van der Waals surface area contributed by atoms with Crippen molar-refractivity contribution in [1.29, 1.82) is 0 Å². The molecule has 0 radical (unpaired) electrons. The zero-order valence-electron chi connectivity index (χ0n) is 32.0. The fourth-order valence-corrected chi connectivity index (χ4v) is 5.45. The van der Waals surface area contributed by atoms with Crippen LogP contribution in [0.15, 0.2) is 72.9 Å². The Labute approximate surface area is 314 Å². The molecule has 0 fully saturated rings. The van der Waals surface area contributed by atoms with Crippen LogP contribution in [-0.4, -0.2) is 65.7 Å². The summed E-state index contributed by atoms with van der Waals surface area (Å²) in [4.78, 5) is 34.8. The lowest BCUT2D eigenvalue weighted by Crippen LogP contribution is -2.29. The number of phosphoric acid groups is 1. The Kier molecular flexibility index (Phi) is 34.9. The van der Waals surface area contributed by atoms with E-state index in [1.807, 2.05) is 12.2 Å². The maximum Gasteiger partial charge on any atom is 0.472 e. The number of esters is 2. The van der Waals surface area contributed by atoms with Gasteiger partial charge in [-0.05, 0) is 51.4 Å². The van der Waals surface area contributed by atoms with Crippen LogP contribution < -0.4 is 0 Å². The Hall–Kier alpha value is -2.59. The summed E-state index contributed by atoms with van der Waals surface area (Å²) < 4.78 is 32.5. The summed E-state index contributed by atoms with van der Waals surface area (Å²) in [5, 5.41) is 18.3. The summed E-state index contributed by atoms with van der Waals surface area (Å²) in [5.41, 5.74) is 0. The smallest absolute Gasteiger partial charge is 0.462 e. The topological polar surface area (TPSA) is 149 Å². The van der Waals surface area contributed by atoms with Gasteiger partial charge in [-0.3, -0.25) is 18.6 Å². The highest BCUT2D eigenvalue weighted by Crippen LogP contribution is 2.43. The van der Waals surface area contributed by atoms with E-state index in [1.165, 1.54) is 38.5 Å². The lowest BCUT2D eigenvalue weighted by atomic mass is 10.1. The number of phosphoric ester groups is 1. The fourth-order valence-electron chi connectivity index (χ4n) is 4.66. The molecule has 0 heterocycles. The zero-order valence-corrected chi connectivity index (χ0v) is 32.9. The van der Waals surface area contributed by atoms with E-state index in [0.717, 1.165) is 57.8 Å². The molecule has 3 atom stereocenters. The quantitative estimate of drug-likeness (QED) is 0.0247. The number of ether oxygens (including phenoxy) is 2. The third-order valence-corrected chi connectivity index (χ3v) is 8.59. The summed E-state index contributed by atoms with van der Waals surface area (Å²) in [6.45, 7) is 2.13. The van der Waals surface area contributed by atoms with Gasteiger partial charge in [0.25, 0.3) is 0 Å². The average molecular weight is 753 g/mol. The molecule has 0 aliphatic rings. The van der Waals surface area contributed by atoms with Crippen LogP contribution in [0.2, 0.25) is 0 Å². The molecule has 3 N–H and O–H groups in total. The Balaban J connectivity index is 4.46. The van der Waals surface area contributed by atoms with Crippen LogP contribution in [0.25, 0.3) is 0 Å². The van der Waals surface area contributed by atoms with Crippen LogP contribution in [0, 0.1) is 0 Å². The third kappa shape index (κ3) is 35.8. The highest BCUT2D eigenvalue weighted by atomic mass is 31.2. The van der Waals surface area contributed by atoms with Gasteiger partial charge in [-0.2, -0.15) is 0 Å². The number of aliphatic hydroxyl groups excluding tert-OH is 2. The minimum absolute atomic E-state index is 0.114. The molecule has 0 bridgehead atoms. The predicted octanol–water partition coefficient (Wildman–Crippen LogP) is 9.72. The number of aliphatic hydroxyl groups is 2. The highest BCUT2D eigenvalue weighted by Gasteiger charge is 2.27. The molecule has 1 unspecified atom stereocenters. The maximum absolute atomic E-state index is 12.5. The molecule has 0 rings (SSSR count). The third-order valence-electron chi connectivity index (χ3n) is 7.64. The second-order valence-corrected chi connectivity index (χ2v) is 14.0. The molecule has 0 saturated carbocycles. The average Bonchev–Trinajstić information content (AvgIpc) is 3.13. The lowest BCUT2D eigenvalue weighted by molar-refractivity contribution is -0.161. The number of allylic oxidation sites excluding steroid dienone is 12. The van der Waals surface area contributed by atoms with Crippen LogP contribution >= 0.6 is 7.82 Å². The van der Waals surface area contributed by atoms with Crippen LogP contribution in [0.5, 0.6) is 0 Å². The van der Waals surface area contributed by atoms with E-state index in [0.29, 0.717) is 12.8 Å². The fraction of sp³-hybridized carbons (Fsp3) is 0.659. The Morgan fingerprint density at radius 3 is 1.56 bits per heavy atom. The monoisotopic (exact) mass is 752 g/mol. The van der Waals surface area contributed by atoms with Crippen molar-refractivity contribution in [3.05, 3.63) is 72.9 Å². The first-order chi connectivity index (χ1) is 25.2. The van der Waals surface area contributed by atoms with Gasteiger partial charge < -0.3 is 24.6 Å². The van der Waals surface area contributed by atoms with E-state index < -0.39 is 51.8 Å². The van der Waals surface area contributed by atoms with E-state index in [-0.39, 0.29) is 19.4 Å². The molecule has 0 spiro atoms. The van der Waals surface area contributed by atoms with E-state index in [2.05, 4.69) is 79.1 Å². The number of rotatable bonds is 35. The summed E-state index contributed by atoms with van der Waals surface area (Å²) in [6, 6.07) is 0. The first-order valence-corrected chi connectivity index (χ1v) is 20.9. The summed E-state index contributed by atoms with van der Waals surface area (Å²) in [7, 11) is -4.63. The summed E-state index contributed by atoms with van der Waals surface area (Å²) >= 11 is 0. The predicted molar refractivity (Wildman–Crippen MR) is 210 cm³/mol. The maximum atomic E-state index is 12.5. The standard InChI is InChI=1S/C41H69O10P/c1-3-5-7-9-11-13-15-16-17-18-19-20-21-22-23-25-26-28-30-32-40(44)48-36-39(37-50-52(46,47)49-35-38(43)34-42)51-41(45)33-31-29-27-24-14-12-10-8-6-4-2/h5,7,11,13,16-17,19-20,22-23,26,28,38-39,42-43H,3-4,6,8-10,12,14-15,18,21,24-25,27,29-37H2,1-2H3,(H,46,47)/b7-5+,13-11+,17-16+,20-19+,23-22+,28-26+/t38-,39+/m1/s1. The van der Waals surface area contributed by atoms with Crippen molar-refractivity contribution >= 4 is 19.8 Å². The van der Waals surface area contributed by atoms with Crippen molar-refractivity contribution < 1.29 is 47.8 Å². The minimum atomic E-state index is -4.63. The van der Waals surface area contributed by atoms with Gasteiger partial charge in [0.2, 0.25) is 0 Å². The largest absolute Gasteiger partial charge is 0.472 e. The molecule has 11 heteroatoms. The molecule has 0 aromatic rings. The Morgan fingerprint density at radius 2 is 1.06 bits per heavy atom. The van der Waals surface area contributed by atoms with Gasteiger partial charge in [-0.15, -0.1) is 0 Å². The van der Waals surface area contributed by atoms with E-state index in [1.54, 1.807) is 0 Å². The molecule has 0 aliphatic carbocycles. The van der Waals surface area contributed by atoms with Gasteiger partial charge >= 0.3 is 19.8 Å². The van der Waals surface area contributed by atoms with Gasteiger partial charge in [-0.25, -0.2) is 4.57 Å². The highest BCUT2D eigenvalue weighted by molar-refractivity contribution is 7.47. The molecule has 0 aromatic carbocycles. The van der Waals surface area contributed by atoms with Crippen molar-refractivity contribution in [2.24, 2.45) is 0 Å². The number of hydrogen-bond donors (Lipinski definition) is 3. The zero-order chi connectivity index (χ0) is 38.4. The van der Waals surface area contributed by atoms with Crippen LogP contribution in [-0.2, 0) is 32.7 Å². The van der Waals surface area contributed by atoms with Gasteiger partial charge in [0.05, 0.1) is 19.8 Å². The SMILES string of the molecule is CC/C=C/C/C=C/C/C=C/C/C=C/C/C=C/C/C=C/CCC(=O)OC[C@@H](COP(=O)(O)OC[C@H](O)CO)OC(=O)CCCCCCCCCCCC. The first-order valence-electron chi connectivity index (χ1n) is 19.4. The van der Waals surface area contributed by atoms with E-state index in [9.17, 15) is 24.2 Å². The van der Waals surface area contributed by atoms with Gasteiger partial charge in [0.15, 0.2) is 6.10 Å². The molecule has 0 aromatic heterocycles. The Bertz CT molecular complexity index is 1100. The molecule has 0 amide bonds.